The molecule has 2 amide bonds. The van der Waals surface area contributed by atoms with Crippen molar-refractivity contribution in [1.82, 2.24) is 4.98 Å². The maximum atomic E-state index is 11.1. The molecule has 109 valence electrons. The van der Waals surface area contributed by atoms with Crippen LogP contribution in [0.15, 0.2) is 18.2 Å². The van der Waals surface area contributed by atoms with E-state index in [-0.39, 0.29) is 28.5 Å². The fourth-order valence-corrected chi connectivity index (χ4v) is 0.902. The molecule has 8 heteroatoms. The number of carbonyl (C=O) groups is 2. The van der Waals surface area contributed by atoms with Crippen LogP contribution in [0.4, 0.5) is 0 Å². The van der Waals surface area contributed by atoms with Crippen molar-refractivity contribution in [2.75, 3.05) is 27.2 Å². The van der Waals surface area contributed by atoms with Crippen LogP contribution in [0, 0.1) is 0 Å². The van der Waals surface area contributed by atoms with Crippen molar-refractivity contribution in [3.63, 3.8) is 0 Å². The molecular formula is C11H17CuN5O2. The van der Waals surface area contributed by atoms with Gasteiger partial charge < -0.3 is 31.7 Å². The quantitative estimate of drug-likeness (QED) is 0.774. The molecule has 1 rings (SSSR count). The number of nitrogens with two attached hydrogens (primary N) is 2. The van der Waals surface area contributed by atoms with Gasteiger partial charge in [0, 0.05) is 13.1 Å². The summed E-state index contributed by atoms with van der Waals surface area (Å²) in [4.78, 5) is 26.0. The van der Waals surface area contributed by atoms with Gasteiger partial charge in [-0.15, -0.1) is 14.1 Å². The summed E-state index contributed by atoms with van der Waals surface area (Å²) in [6.07, 6.45) is 0. The van der Waals surface area contributed by atoms with Gasteiger partial charge in [0.1, 0.15) is 11.8 Å². The van der Waals surface area contributed by atoms with Gasteiger partial charge >= 0.3 is 17.1 Å². The molecular weight excluding hydrogens is 298 g/mol. The minimum atomic E-state index is -0.448. The fourth-order valence-electron chi connectivity index (χ4n) is 0.902. The minimum absolute atomic E-state index is 0. The van der Waals surface area contributed by atoms with Gasteiger partial charge in [-0.2, -0.15) is 0 Å². The normalized spacial score (nSPS) is 8.42. The summed E-state index contributed by atoms with van der Waals surface area (Å²) >= 11 is 0. The first-order chi connectivity index (χ1) is 8.60. The molecule has 0 saturated heterocycles. The van der Waals surface area contributed by atoms with E-state index >= 15 is 0 Å². The summed E-state index contributed by atoms with van der Waals surface area (Å²) in [6.45, 7) is 1.19. The molecule has 0 fully saturated rings. The first-order valence-electron chi connectivity index (χ1n) is 5.26. The number of nitrogens with zero attached hydrogens (tertiary/aromatic N) is 3. The van der Waals surface area contributed by atoms with Gasteiger partial charge in [0.15, 0.2) is 0 Å². The molecule has 0 aromatic carbocycles. The Morgan fingerprint density at radius 1 is 1.05 bits per heavy atom. The van der Waals surface area contributed by atoms with Crippen LogP contribution in [0.2, 0.25) is 0 Å². The second kappa shape index (κ2) is 11.6. The molecule has 1 radical (unpaired) electrons. The number of amides is 2. The van der Waals surface area contributed by atoms with Crippen molar-refractivity contribution >= 4 is 11.8 Å². The summed E-state index contributed by atoms with van der Waals surface area (Å²) in [5.41, 5.74) is 10.1. The van der Waals surface area contributed by atoms with Crippen LogP contribution in [0.5, 0.6) is 0 Å². The zero-order valence-corrected chi connectivity index (χ0v) is 11.7. The molecule has 19 heavy (non-hydrogen) atoms. The second-order valence-corrected chi connectivity index (χ2v) is 3.04. The Labute approximate surface area is 123 Å². The van der Waals surface area contributed by atoms with E-state index in [0.29, 0.717) is 13.1 Å². The predicted octanol–water partition coefficient (Wildman–Crippen LogP) is 0.270. The SMILES string of the molecule is C[N-]C(=O)c1cccc(C(=O)[N-]C)n1.NCCN.[Cu+2]. The molecule has 1 heterocycles. The van der Waals surface area contributed by atoms with E-state index < -0.39 is 11.8 Å². The smallest absolute Gasteiger partial charge is 0.650 e. The molecule has 0 aliphatic carbocycles. The Bertz CT molecular complexity index is 367. The van der Waals surface area contributed by atoms with Crippen LogP contribution in [0.3, 0.4) is 0 Å². The van der Waals surface area contributed by atoms with Crippen molar-refractivity contribution in [2.24, 2.45) is 11.5 Å². The van der Waals surface area contributed by atoms with Gasteiger partial charge in [0.2, 0.25) is 0 Å². The fraction of sp³-hybridized carbons (Fsp3) is 0.364. The molecule has 0 saturated carbocycles. The third-order valence-corrected chi connectivity index (χ3v) is 1.76. The van der Waals surface area contributed by atoms with Crippen LogP contribution < -0.4 is 11.5 Å². The number of hydrogen-bond donors (Lipinski definition) is 2. The molecule has 0 aliphatic heterocycles. The maximum Gasteiger partial charge on any atom is 2.00 e. The zero-order chi connectivity index (χ0) is 14.0. The van der Waals surface area contributed by atoms with Gasteiger partial charge in [0.25, 0.3) is 0 Å². The molecule has 7 nitrogen and oxygen atoms in total. The van der Waals surface area contributed by atoms with E-state index in [9.17, 15) is 9.59 Å². The van der Waals surface area contributed by atoms with E-state index in [1.54, 1.807) is 6.07 Å². The minimum Gasteiger partial charge on any atom is -0.650 e. The third-order valence-electron chi connectivity index (χ3n) is 1.76. The van der Waals surface area contributed by atoms with E-state index in [1.165, 1.54) is 26.2 Å². The monoisotopic (exact) mass is 314 g/mol. The Hall–Kier alpha value is -1.47. The number of carbonyl (C=O) groups excluding carboxylic acids is 2. The molecule has 0 aliphatic rings. The van der Waals surface area contributed by atoms with E-state index in [0.717, 1.165) is 0 Å². The largest absolute Gasteiger partial charge is 2.00 e. The maximum absolute atomic E-state index is 11.1. The van der Waals surface area contributed by atoms with Crippen molar-refractivity contribution in [3.8, 4) is 0 Å². The molecule has 1 aromatic rings. The van der Waals surface area contributed by atoms with Crippen molar-refractivity contribution in [2.45, 2.75) is 0 Å². The molecule has 0 bridgehead atoms. The van der Waals surface area contributed by atoms with Gasteiger partial charge in [0.05, 0.1) is 11.4 Å². The summed E-state index contributed by atoms with van der Waals surface area (Å²) in [5, 5.41) is 6.88. The summed E-state index contributed by atoms with van der Waals surface area (Å²) in [5.74, 6) is -0.897. The number of hydrogen-bond acceptors (Lipinski definition) is 5. The Balaban J connectivity index is 0. The first-order valence-corrected chi connectivity index (χ1v) is 5.26. The standard InChI is InChI=1S/C9H11N3O2.C2H8N2.Cu/c1-10-8(13)6-4-3-5-7(12-6)9(14)11-2;3-1-2-4;/h3-5H,1-2H3,(H2,10,11,13,14);1-4H2;/q;;+2/p-2. The van der Waals surface area contributed by atoms with Crippen molar-refractivity contribution < 1.29 is 26.7 Å². The topological polar surface area (TPSA) is 127 Å². The second-order valence-electron chi connectivity index (χ2n) is 3.04. The summed E-state index contributed by atoms with van der Waals surface area (Å²) in [7, 11) is 2.76. The van der Waals surface area contributed by atoms with Crippen LogP contribution in [-0.4, -0.2) is 44.0 Å². The molecule has 0 atom stereocenters. The molecule has 0 unspecified atom stereocenters. The van der Waals surface area contributed by atoms with E-state index in [4.69, 9.17) is 11.5 Å². The van der Waals surface area contributed by atoms with Crippen LogP contribution in [0.1, 0.15) is 21.0 Å². The van der Waals surface area contributed by atoms with Gasteiger partial charge in [-0.1, -0.05) is 6.07 Å². The van der Waals surface area contributed by atoms with Gasteiger partial charge in [-0.3, -0.25) is 0 Å². The van der Waals surface area contributed by atoms with Gasteiger partial charge in [-0.25, -0.2) is 4.98 Å². The first kappa shape index (κ1) is 19.9. The van der Waals surface area contributed by atoms with Gasteiger partial charge in [-0.05, 0) is 12.1 Å². The Kier molecular flexibility index (Phi) is 12.1. The number of pyridine rings is 1. The summed E-state index contributed by atoms with van der Waals surface area (Å²) < 4.78 is 0. The molecule has 1 aromatic heterocycles. The predicted molar refractivity (Wildman–Crippen MR) is 69.6 cm³/mol. The number of rotatable bonds is 3. The summed E-state index contributed by atoms with van der Waals surface area (Å²) in [6, 6.07) is 4.58. The Morgan fingerprint density at radius 2 is 1.42 bits per heavy atom. The van der Waals surface area contributed by atoms with E-state index in [2.05, 4.69) is 15.6 Å². The zero-order valence-electron chi connectivity index (χ0n) is 10.8. The number of aromatic nitrogens is 1. The van der Waals surface area contributed by atoms with Crippen LogP contribution >= 0.6 is 0 Å². The Morgan fingerprint density at radius 3 is 1.68 bits per heavy atom. The van der Waals surface area contributed by atoms with Crippen LogP contribution in [0.25, 0.3) is 10.6 Å². The molecule has 4 N–H and O–H groups in total. The van der Waals surface area contributed by atoms with Crippen molar-refractivity contribution in [1.29, 1.82) is 0 Å². The average Bonchev–Trinajstić information content (AvgIpc) is 2.45. The third kappa shape index (κ3) is 7.53. The average molecular weight is 315 g/mol. The van der Waals surface area contributed by atoms with Crippen molar-refractivity contribution in [3.05, 3.63) is 40.2 Å². The van der Waals surface area contributed by atoms with E-state index in [1.807, 2.05) is 0 Å². The van der Waals surface area contributed by atoms with Crippen LogP contribution in [-0.2, 0) is 17.1 Å². The molecule has 0 spiro atoms.